The van der Waals surface area contributed by atoms with E-state index in [0.29, 0.717) is 12.2 Å². The summed E-state index contributed by atoms with van der Waals surface area (Å²) in [6.45, 7) is 12.9. The average Bonchev–Trinajstić information content (AvgIpc) is 2.63. The molecule has 1 heterocycles. The fourth-order valence-corrected chi connectivity index (χ4v) is 2.83. The van der Waals surface area contributed by atoms with Gasteiger partial charge in [0.1, 0.15) is 0 Å². The second kappa shape index (κ2) is 4.87. The zero-order valence-electron chi connectivity index (χ0n) is 13.5. The number of aromatic nitrogens is 1. The van der Waals surface area contributed by atoms with Crippen molar-refractivity contribution in [2.75, 3.05) is 6.61 Å². The van der Waals surface area contributed by atoms with Crippen LogP contribution >= 0.6 is 0 Å². The minimum Gasteiger partial charge on any atom is -0.462 e. The van der Waals surface area contributed by atoms with Gasteiger partial charge in [0.05, 0.1) is 17.9 Å². The molecular formula is C17H25NO2. The van der Waals surface area contributed by atoms with Crippen LogP contribution in [0.5, 0.6) is 0 Å². The number of esters is 1. The molecule has 3 heteroatoms. The van der Waals surface area contributed by atoms with Gasteiger partial charge in [-0.15, -0.1) is 0 Å². The van der Waals surface area contributed by atoms with Crippen molar-refractivity contribution in [3.05, 3.63) is 28.6 Å². The fourth-order valence-electron chi connectivity index (χ4n) is 2.83. The minimum atomic E-state index is -0.252. The van der Waals surface area contributed by atoms with Gasteiger partial charge in [0.15, 0.2) is 0 Å². The van der Waals surface area contributed by atoms with Crippen LogP contribution in [-0.4, -0.2) is 17.6 Å². The summed E-state index contributed by atoms with van der Waals surface area (Å²) >= 11 is 0. The van der Waals surface area contributed by atoms with Gasteiger partial charge >= 0.3 is 5.97 Å². The van der Waals surface area contributed by atoms with Crippen molar-refractivity contribution >= 4 is 5.97 Å². The lowest BCUT2D eigenvalue weighted by molar-refractivity contribution is 0.0522. The molecule has 0 bridgehead atoms. The molecule has 0 aromatic carbocycles. The third-order valence-electron chi connectivity index (χ3n) is 3.97. The first-order valence-electron chi connectivity index (χ1n) is 7.39. The summed E-state index contributed by atoms with van der Waals surface area (Å²) in [5, 5.41) is 0. The number of ether oxygens (including phenoxy) is 1. The van der Waals surface area contributed by atoms with Crippen LogP contribution in [0.25, 0.3) is 0 Å². The molecule has 0 radical (unpaired) electrons. The fraction of sp³-hybridized carbons (Fsp3) is 0.647. The third kappa shape index (κ3) is 2.58. The molecule has 3 nitrogen and oxygen atoms in total. The molecule has 2 rings (SSSR count). The predicted octanol–water partition coefficient (Wildman–Crippen LogP) is 3.78. The smallest absolute Gasteiger partial charge is 0.340 e. The minimum absolute atomic E-state index is 0.0997. The molecule has 0 aliphatic heterocycles. The Morgan fingerprint density at radius 1 is 1.40 bits per heavy atom. The molecule has 20 heavy (non-hydrogen) atoms. The Labute approximate surface area is 121 Å². The SMILES string of the molecule is CCOC(=O)c1cc2c(nc1C(C)(C)C)C(C)(C)CC2. The summed E-state index contributed by atoms with van der Waals surface area (Å²) < 4.78 is 5.20. The number of fused-ring (bicyclic) bond motifs is 1. The normalized spacial score (nSPS) is 16.9. The molecule has 0 saturated heterocycles. The number of hydrogen-bond acceptors (Lipinski definition) is 3. The third-order valence-corrected chi connectivity index (χ3v) is 3.97. The van der Waals surface area contributed by atoms with Gasteiger partial charge in [-0.3, -0.25) is 4.98 Å². The van der Waals surface area contributed by atoms with E-state index in [1.54, 1.807) is 0 Å². The standard InChI is InChI=1S/C17H25NO2/c1-7-20-15(19)12-10-11-8-9-17(5,6)13(11)18-14(12)16(2,3)4/h10H,7-9H2,1-6H3. The first-order chi connectivity index (χ1) is 9.16. The maximum atomic E-state index is 12.2. The maximum absolute atomic E-state index is 12.2. The van der Waals surface area contributed by atoms with Crippen LogP contribution in [0.15, 0.2) is 6.07 Å². The predicted molar refractivity (Wildman–Crippen MR) is 80.2 cm³/mol. The molecule has 1 aliphatic rings. The van der Waals surface area contributed by atoms with E-state index < -0.39 is 0 Å². The van der Waals surface area contributed by atoms with Crippen molar-refractivity contribution in [2.24, 2.45) is 0 Å². The first-order valence-corrected chi connectivity index (χ1v) is 7.39. The van der Waals surface area contributed by atoms with E-state index in [4.69, 9.17) is 9.72 Å². The van der Waals surface area contributed by atoms with E-state index in [1.165, 1.54) is 5.56 Å². The highest BCUT2D eigenvalue weighted by Gasteiger charge is 2.35. The molecular weight excluding hydrogens is 250 g/mol. The molecule has 1 aliphatic carbocycles. The van der Waals surface area contributed by atoms with E-state index in [-0.39, 0.29) is 16.8 Å². The van der Waals surface area contributed by atoms with Crippen LogP contribution in [0.2, 0.25) is 0 Å². The van der Waals surface area contributed by atoms with E-state index >= 15 is 0 Å². The van der Waals surface area contributed by atoms with E-state index in [2.05, 4.69) is 34.6 Å². The van der Waals surface area contributed by atoms with Gasteiger partial charge in [0.2, 0.25) is 0 Å². The lowest BCUT2D eigenvalue weighted by Crippen LogP contribution is -2.24. The van der Waals surface area contributed by atoms with Crippen molar-refractivity contribution in [1.82, 2.24) is 4.98 Å². The van der Waals surface area contributed by atoms with Crippen molar-refractivity contribution in [1.29, 1.82) is 0 Å². The zero-order valence-corrected chi connectivity index (χ0v) is 13.5. The van der Waals surface area contributed by atoms with Gasteiger partial charge < -0.3 is 4.74 Å². The summed E-state index contributed by atoms with van der Waals surface area (Å²) in [5.74, 6) is -0.252. The highest BCUT2D eigenvalue weighted by atomic mass is 16.5. The Bertz CT molecular complexity index is 539. The van der Waals surface area contributed by atoms with E-state index in [9.17, 15) is 4.79 Å². The molecule has 1 aromatic rings. The Hall–Kier alpha value is -1.38. The van der Waals surface area contributed by atoms with Gasteiger partial charge in [-0.25, -0.2) is 4.79 Å². The lowest BCUT2D eigenvalue weighted by Gasteiger charge is -2.25. The van der Waals surface area contributed by atoms with Gasteiger partial charge in [0, 0.05) is 16.5 Å². The van der Waals surface area contributed by atoms with Crippen molar-refractivity contribution in [3.8, 4) is 0 Å². The second-order valence-corrected chi connectivity index (χ2v) is 7.25. The largest absolute Gasteiger partial charge is 0.462 e. The van der Waals surface area contributed by atoms with Gasteiger partial charge in [-0.2, -0.15) is 0 Å². The topological polar surface area (TPSA) is 39.2 Å². The van der Waals surface area contributed by atoms with Crippen LogP contribution in [0, 0.1) is 0 Å². The molecule has 1 aromatic heterocycles. The number of aryl methyl sites for hydroxylation is 1. The van der Waals surface area contributed by atoms with Crippen LogP contribution in [0.1, 0.15) is 75.3 Å². The van der Waals surface area contributed by atoms with Crippen LogP contribution < -0.4 is 0 Å². The van der Waals surface area contributed by atoms with Crippen molar-refractivity contribution in [2.45, 2.75) is 65.2 Å². The van der Waals surface area contributed by atoms with Crippen LogP contribution in [0.3, 0.4) is 0 Å². The monoisotopic (exact) mass is 275 g/mol. The average molecular weight is 275 g/mol. The van der Waals surface area contributed by atoms with Crippen molar-refractivity contribution < 1.29 is 9.53 Å². The number of pyridine rings is 1. The second-order valence-electron chi connectivity index (χ2n) is 7.25. The molecule has 0 atom stereocenters. The van der Waals surface area contributed by atoms with Gasteiger partial charge in [-0.1, -0.05) is 34.6 Å². The maximum Gasteiger partial charge on any atom is 0.340 e. The Morgan fingerprint density at radius 2 is 2.05 bits per heavy atom. The number of rotatable bonds is 2. The molecule has 0 saturated carbocycles. The quantitative estimate of drug-likeness (QED) is 0.771. The zero-order chi connectivity index (χ0) is 15.1. The lowest BCUT2D eigenvalue weighted by atomic mass is 9.85. The van der Waals surface area contributed by atoms with E-state index in [1.807, 2.05) is 13.0 Å². The van der Waals surface area contributed by atoms with Crippen LogP contribution in [-0.2, 0) is 22.0 Å². The highest BCUT2D eigenvalue weighted by Crippen LogP contribution is 2.39. The molecule has 0 fully saturated rings. The molecule has 0 spiro atoms. The highest BCUT2D eigenvalue weighted by molar-refractivity contribution is 5.91. The molecule has 0 amide bonds. The molecule has 0 unspecified atom stereocenters. The van der Waals surface area contributed by atoms with Gasteiger partial charge in [0.25, 0.3) is 0 Å². The summed E-state index contributed by atoms with van der Waals surface area (Å²) in [5.41, 5.74) is 3.76. The van der Waals surface area contributed by atoms with E-state index in [0.717, 1.165) is 24.2 Å². The Balaban J connectivity index is 2.61. The Morgan fingerprint density at radius 3 is 2.60 bits per heavy atom. The van der Waals surface area contributed by atoms with Gasteiger partial charge in [-0.05, 0) is 31.4 Å². The van der Waals surface area contributed by atoms with Crippen molar-refractivity contribution in [3.63, 3.8) is 0 Å². The molecule has 110 valence electrons. The first kappa shape index (κ1) is 15.0. The van der Waals surface area contributed by atoms with Crippen LogP contribution in [0.4, 0.5) is 0 Å². The summed E-state index contributed by atoms with van der Waals surface area (Å²) in [4.78, 5) is 17.1. The molecule has 0 N–H and O–H groups in total. The summed E-state index contributed by atoms with van der Waals surface area (Å²) in [7, 11) is 0. The number of nitrogens with zero attached hydrogens (tertiary/aromatic N) is 1. The number of carbonyl (C=O) groups is 1. The number of hydrogen-bond donors (Lipinski definition) is 0. The summed E-state index contributed by atoms with van der Waals surface area (Å²) in [6, 6.07) is 2.01. The summed E-state index contributed by atoms with van der Waals surface area (Å²) in [6.07, 6.45) is 2.08. The number of carbonyl (C=O) groups excluding carboxylic acids is 1. The Kier molecular flexibility index (Phi) is 3.66.